The number of carbonyl (C=O) groups is 1. The van der Waals surface area contributed by atoms with Gasteiger partial charge in [-0.3, -0.25) is 4.79 Å². The van der Waals surface area contributed by atoms with Crippen LogP contribution >= 0.6 is 0 Å². The summed E-state index contributed by atoms with van der Waals surface area (Å²) < 4.78 is 30.5. The molecule has 0 aliphatic carbocycles. The average molecular weight is 337 g/mol. The van der Waals surface area contributed by atoms with E-state index in [4.69, 9.17) is 4.74 Å². The Morgan fingerprint density at radius 3 is 2.87 bits per heavy atom. The van der Waals surface area contributed by atoms with Crippen LogP contribution in [-0.4, -0.2) is 44.6 Å². The minimum Gasteiger partial charge on any atom is -0.377 e. The molecule has 1 saturated heterocycles. The maximum Gasteiger partial charge on any atom is 0.245 e. The maximum absolute atomic E-state index is 12.8. The van der Waals surface area contributed by atoms with Crippen LogP contribution in [0.5, 0.6) is 0 Å². The fourth-order valence-corrected chi connectivity index (χ4v) is 4.82. The molecule has 1 fully saturated rings. The van der Waals surface area contributed by atoms with E-state index in [9.17, 15) is 13.2 Å². The first-order valence-corrected chi connectivity index (χ1v) is 9.93. The molecular formula is C17H23NO4S. The highest BCUT2D eigenvalue weighted by Gasteiger charge is 2.36. The third-order valence-electron chi connectivity index (χ3n) is 4.70. The maximum atomic E-state index is 12.8. The van der Waals surface area contributed by atoms with Crippen LogP contribution in [0.25, 0.3) is 0 Å². The number of rotatable bonds is 4. The molecule has 0 aromatic heterocycles. The quantitative estimate of drug-likeness (QED) is 0.842. The molecule has 2 atom stereocenters. The Morgan fingerprint density at radius 2 is 2.13 bits per heavy atom. The van der Waals surface area contributed by atoms with Crippen molar-refractivity contribution in [2.45, 2.75) is 44.0 Å². The first kappa shape index (κ1) is 16.5. The fourth-order valence-electron chi connectivity index (χ4n) is 3.31. The van der Waals surface area contributed by atoms with Gasteiger partial charge in [-0.25, -0.2) is 8.42 Å². The van der Waals surface area contributed by atoms with Crippen LogP contribution in [0.3, 0.4) is 0 Å². The molecule has 1 aromatic rings. The van der Waals surface area contributed by atoms with Crippen molar-refractivity contribution < 1.29 is 17.9 Å². The topological polar surface area (TPSA) is 63.7 Å². The summed E-state index contributed by atoms with van der Waals surface area (Å²) >= 11 is 0. The summed E-state index contributed by atoms with van der Waals surface area (Å²) in [6.45, 7) is 2.70. The van der Waals surface area contributed by atoms with Gasteiger partial charge in [0, 0.05) is 18.8 Å². The fraction of sp³-hybridized carbons (Fsp3) is 0.588. The van der Waals surface area contributed by atoms with E-state index in [0.717, 1.165) is 36.9 Å². The molecule has 0 spiro atoms. The van der Waals surface area contributed by atoms with Crippen molar-refractivity contribution in [2.24, 2.45) is 0 Å². The molecule has 5 nitrogen and oxygen atoms in total. The van der Waals surface area contributed by atoms with Crippen LogP contribution in [-0.2, 0) is 25.8 Å². The monoisotopic (exact) mass is 337 g/mol. The summed E-state index contributed by atoms with van der Waals surface area (Å²) in [6, 6.07) is 7.73. The van der Waals surface area contributed by atoms with Gasteiger partial charge in [-0.05, 0) is 44.2 Å². The van der Waals surface area contributed by atoms with Crippen molar-refractivity contribution in [1.29, 1.82) is 0 Å². The second-order valence-electron chi connectivity index (χ2n) is 6.33. The molecule has 126 valence electrons. The lowest BCUT2D eigenvalue weighted by molar-refractivity contribution is -0.118. The van der Waals surface area contributed by atoms with E-state index in [-0.39, 0.29) is 17.8 Å². The second kappa shape index (κ2) is 6.61. The number of anilines is 1. The zero-order valence-electron chi connectivity index (χ0n) is 13.4. The van der Waals surface area contributed by atoms with Crippen molar-refractivity contribution in [3.63, 3.8) is 0 Å². The average Bonchev–Trinajstić information content (AvgIpc) is 3.05. The van der Waals surface area contributed by atoms with Crippen molar-refractivity contribution in [1.82, 2.24) is 0 Å². The van der Waals surface area contributed by atoms with Gasteiger partial charge in [0.15, 0.2) is 9.84 Å². The molecule has 0 radical (unpaired) electrons. The molecule has 1 aromatic carbocycles. The Labute approximate surface area is 137 Å². The summed E-state index contributed by atoms with van der Waals surface area (Å²) in [5.74, 6) is -0.384. The highest BCUT2D eigenvalue weighted by molar-refractivity contribution is 7.92. The Hall–Kier alpha value is -1.40. The largest absolute Gasteiger partial charge is 0.377 e. The summed E-state index contributed by atoms with van der Waals surface area (Å²) in [4.78, 5) is 14.4. The van der Waals surface area contributed by atoms with Crippen LogP contribution in [0.15, 0.2) is 24.3 Å². The lowest BCUT2D eigenvalue weighted by atomic mass is 10.0. The smallest absolute Gasteiger partial charge is 0.245 e. The minimum atomic E-state index is -3.51. The first-order valence-electron chi connectivity index (χ1n) is 8.21. The number of benzene rings is 1. The van der Waals surface area contributed by atoms with Gasteiger partial charge < -0.3 is 9.64 Å². The van der Waals surface area contributed by atoms with Gasteiger partial charge in [0.05, 0.1) is 11.9 Å². The zero-order valence-corrected chi connectivity index (χ0v) is 14.2. The summed E-state index contributed by atoms with van der Waals surface area (Å²) in [6.07, 6.45) is 3.18. The van der Waals surface area contributed by atoms with Gasteiger partial charge in [0.25, 0.3) is 0 Å². The minimum absolute atomic E-state index is 0.0601. The van der Waals surface area contributed by atoms with Crippen LogP contribution in [0.4, 0.5) is 5.69 Å². The highest BCUT2D eigenvalue weighted by atomic mass is 32.2. The molecule has 2 aliphatic heterocycles. The lowest BCUT2D eigenvalue weighted by Gasteiger charge is -2.31. The number of carbonyl (C=O) groups excluding carboxylic acids is 1. The standard InChI is InChI=1S/C17H23NO4S/c1-13(23(20,21)12-15-8-5-11-22-15)17(19)18-10-4-7-14-6-2-3-9-16(14)18/h2-3,6,9,13,15H,4-5,7-8,10-12H2,1H3/t13-,15-/m1/s1. The van der Waals surface area contributed by atoms with Crippen LogP contribution in [0.1, 0.15) is 31.7 Å². The zero-order chi connectivity index (χ0) is 16.4. The summed E-state index contributed by atoms with van der Waals surface area (Å²) in [5.41, 5.74) is 1.96. The molecule has 0 unspecified atom stereocenters. The third-order valence-corrected chi connectivity index (χ3v) is 6.82. The molecular weight excluding hydrogens is 314 g/mol. The van der Waals surface area contributed by atoms with Crippen molar-refractivity contribution >= 4 is 21.4 Å². The van der Waals surface area contributed by atoms with Crippen molar-refractivity contribution in [3.8, 4) is 0 Å². The molecule has 1 amide bonds. The summed E-state index contributed by atoms with van der Waals surface area (Å²) in [7, 11) is -3.51. The highest BCUT2D eigenvalue weighted by Crippen LogP contribution is 2.28. The van der Waals surface area contributed by atoms with E-state index in [0.29, 0.717) is 13.2 Å². The Balaban J connectivity index is 1.77. The third kappa shape index (κ3) is 3.43. The van der Waals surface area contributed by atoms with E-state index >= 15 is 0 Å². The number of para-hydroxylation sites is 1. The predicted octanol–water partition coefficient (Wildman–Crippen LogP) is 1.95. The molecule has 0 N–H and O–H groups in total. The predicted molar refractivity (Wildman–Crippen MR) is 89.3 cm³/mol. The lowest BCUT2D eigenvalue weighted by Crippen LogP contribution is -2.45. The molecule has 2 heterocycles. The second-order valence-corrected chi connectivity index (χ2v) is 8.70. The number of hydrogen-bond acceptors (Lipinski definition) is 4. The van der Waals surface area contributed by atoms with E-state index in [2.05, 4.69) is 0 Å². The van der Waals surface area contributed by atoms with Crippen molar-refractivity contribution in [3.05, 3.63) is 29.8 Å². The summed E-state index contributed by atoms with van der Waals surface area (Å²) in [5, 5.41) is -1.03. The normalized spacial score (nSPS) is 22.7. The number of nitrogens with zero attached hydrogens (tertiary/aromatic N) is 1. The number of fused-ring (bicyclic) bond motifs is 1. The van der Waals surface area contributed by atoms with Crippen LogP contribution in [0.2, 0.25) is 0 Å². The van der Waals surface area contributed by atoms with Gasteiger partial charge in [-0.15, -0.1) is 0 Å². The Kier molecular flexibility index (Phi) is 4.73. The molecule has 2 aliphatic rings. The molecule has 23 heavy (non-hydrogen) atoms. The Bertz CT molecular complexity index is 680. The molecule has 3 rings (SSSR count). The Morgan fingerprint density at radius 1 is 1.35 bits per heavy atom. The number of amides is 1. The van der Waals surface area contributed by atoms with Gasteiger partial charge >= 0.3 is 0 Å². The van der Waals surface area contributed by atoms with E-state index < -0.39 is 15.1 Å². The van der Waals surface area contributed by atoms with E-state index in [1.54, 1.807) is 4.90 Å². The van der Waals surface area contributed by atoms with Gasteiger partial charge in [0.2, 0.25) is 5.91 Å². The molecule has 0 bridgehead atoms. The number of ether oxygens (including phenoxy) is 1. The SMILES string of the molecule is C[C@H](C(=O)N1CCCc2ccccc21)S(=O)(=O)C[C@H]1CCCO1. The molecule has 0 saturated carbocycles. The van der Waals surface area contributed by atoms with Gasteiger partial charge in [0.1, 0.15) is 5.25 Å². The van der Waals surface area contributed by atoms with Gasteiger partial charge in [-0.1, -0.05) is 18.2 Å². The van der Waals surface area contributed by atoms with Crippen molar-refractivity contribution in [2.75, 3.05) is 23.8 Å². The van der Waals surface area contributed by atoms with E-state index in [1.165, 1.54) is 6.92 Å². The number of hydrogen-bond donors (Lipinski definition) is 0. The van der Waals surface area contributed by atoms with Crippen LogP contribution < -0.4 is 4.90 Å². The van der Waals surface area contributed by atoms with Crippen LogP contribution in [0, 0.1) is 0 Å². The first-order chi connectivity index (χ1) is 11.0. The number of aryl methyl sites for hydroxylation is 1. The number of sulfone groups is 1. The van der Waals surface area contributed by atoms with E-state index in [1.807, 2.05) is 24.3 Å². The molecule has 6 heteroatoms. The van der Waals surface area contributed by atoms with Gasteiger partial charge in [-0.2, -0.15) is 0 Å².